The quantitative estimate of drug-likeness (QED) is 0.573. The Morgan fingerprint density at radius 3 is 2.65 bits per heavy atom. The van der Waals surface area contributed by atoms with E-state index in [1.54, 1.807) is 6.92 Å². The fraction of sp³-hybridized carbons (Fsp3) is 0.650. The molecular weight excluding hydrogens is 288 g/mol. The maximum Gasteiger partial charge on any atom is 0.334 e. The third-order valence-corrected chi connectivity index (χ3v) is 4.97. The number of esters is 1. The average Bonchev–Trinajstić information content (AvgIpc) is 2.45. The van der Waals surface area contributed by atoms with Crippen LogP contribution in [0.5, 0.6) is 0 Å². The fourth-order valence-electron chi connectivity index (χ4n) is 3.18. The minimum Gasteiger partial charge on any atom is -0.452 e. The van der Waals surface area contributed by atoms with Crippen molar-refractivity contribution >= 4 is 5.97 Å². The first-order valence-electron chi connectivity index (χ1n) is 8.78. The summed E-state index contributed by atoms with van der Waals surface area (Å²) in [5, 5.41) is 10.8. The Morgan fingerprint density at radius 1 is 1.22 bits per heavy atom. The van der Waals surface area contributed by atoms with Gasteiger partial charge in [0.1, 0.15) is 11.7 Å². The molecule has 128 valence electrons. The number of carbonyl (C=O) groups excluding carboxylic acids is 1. The van der Waals surface area contributed by atoms with Crippen LogP contribution in [0.15, 0.2) is 34.9 Å². The van der Waals surface area contributed by atoms with Crippen LogP contribution in [0.3, 0.4) is 0 Å². The van der Waals surface area contributed by atoms with Gasteiger partial charge in [0.15, 0.2) is 0 Å². The third-order valence-electron chi connectivity index (χ3n) is 4.97. The van der Waals surface area contributed by atoms with Crippen molar-refractivity contribution in [1.82, 2.24) is 0 Å². The first-order valence-corrected chi connectivity index (χ1v) is 8.78. The molecule has 0 spiro atoms. The Kier molecular flexibility index (Phi) is 5.85. The molecule has 23 heavy (non-hydrogen) atoms. The van der Waals surface area contributed by atoms with Crippen molar-refractivity contribution < 1.29 is 14.6 Å². The number of fused-ring (bicyclic) bond motifs is 3. The SMILES string of the molecule is C/C1=C\CC/C2=C/CC[C@](C)(O)[C@@H](/C=C(/C(C)C)CC1)OC2=O. The Balaban J connectivity index is 2.43. The van der Waals surface area contributed by atoms with Gasteiger partial charge in [-0.05, 0) is 64.4 Å². The number of carbonyl (C=O) groups is 1. The van der Waals surface area contributed by atoms with Crippen molar-refractivity contribution in [3.8, 4) is 0 Å². The number of aliphatic hydroxyl groups is 1. The molecule has 0 aromatic carbocycles. The first-order chi connectivity index (χ1) is 10.8. The standard InChI is InChI=1S/C20H30O3/c1-14(2)17-11-10-15(3)7-5-8-16-9-6-12-20(4,22)18(13-17)23-19(16)21/h7,9,13-14,18,22H,5-6,8,10-12H2,1-4H3/b15-7+,16-9-,17-13+/t18-,20+/m1/s1. The molecule has 3 nitrogen and oxygen atoms in total. The number of hydrogen-bond acceptors (Lipinski definition) is 3. The van der Waals surface area contributed by atoms with Crippen molar-refractivity contribution in [2.45, 2.75) is 77.9 Å². The summed E-state index contributed by atoms with van der Waals surface area (Å²) in [7, 11) is 0. The Hall–Kier alpha value is -1.35. The summed E-state index contributed by atoms with van der Waals surface area (Å²) < 4.78 is 5.70. The van der Waals surface area contributed by atoms with Crippen LogP contribution in [0.1, 0.15) is 66.2 Å². The molecule has 2 rings (SSSR count). The van der Waals surface area contributed by atoms with E-state index >= 15 is 0 Å². The molecule has 2 atom stereocenters. The molecular formula is C20H30O3. The van der Waals surface area contributed by atoms with Gasteiger partial charge in [-0.3, -0.25) is 0 Å². The van der Waals surface area contributed by atoms with E-state index in [9.17, 15) is 9.90 Å². The lowest BCUT2D eigenvalue weighted by Crippen LogP contribution is -2.42. The van der Waals surface area contributed by atoms with Crippen LogP contribution in [0, 0.1) is 5.92 Å². The highest BCUT2D eigenvalue weighted by Crippen LogP contribution is 2.30. The van der Waals surface area contributed by atoms with Gasteiger partial charge in [0.25, 0.3) is 0 Å². The monoisotopic (exact) mass is 318 g/mol. The summed E-state index contributed by atoms with van der Waals surface area (Å²) in [6, 6.07) is 0. The molecule has 2 bridgehead atoms. The van der Waals surface area contributed by atoms with Gasteiger partial charge >= 0.3 is 5.97 Å². The summed E-state index contributed by atoms with van der Waals surface area (Å²) in [5.41, 5.74) is 2.34. The normalized spacial score (nSPS) is 37.0. The minimum absolute atomic E-state index is 0.277. The van der Waals surface area contributed by atoms with Crippen molar-refractivity contribution in [2.24, 2.45) is 5.92 Å². The number of rotatable bonds is 1. The second kappa shape index (κ2) is 7.48. The lowest BCUT2D eigenvalue weighted by atomic mass is 9.86. The van der Waals surface area contributed by atoms with Gasteiger partial charge in [0, 0.05) is 5.57 Å². The first kappa shape index (κ1) is 18.0. The zero-order valence-electron chi connectivity index (χ0n) is 14.9. The number of ether oxygens (including phenoxy) is 1. The number of hydrogen-bond donors (Lipinski definition) is 1. The smallest absolute Gasteiger partial charge is 0.334 e. The van der Waals surface area contributed by atoms with Gasteiger partial charge in [-0.15, -0.1) is 0 Å². The predicted molar refractivity (Wildman–Crippen MR) is 93.0 cm³/mol. The Morgan fingerprint density at radius 2 is 1.96 bits per heavy atom. The Bertz CT molecular complexity index is 535. The fourth-order valence-corrected chi connectivity index (χ4v) is 3.18. The van der Waals surface area contributed by atoms with Gasteiger partial charge in [0.05, 0.1) is 0 Å². The highest BCUT2D eigenvalue weighted by Gasteiger charge is 2.35. The molecule has 0 aromatic heterocycles. The molecule has 0 saturated heterocycles. The van der Waals surface area contributed by atoms with Crippen LogP contribution >= 0.6 is 0 Å². The molecule has 0 aromatic rings. The summed E-state index contributed by atoms with van der Waals surface area (Å²) in [4.78, 5) is 12.5. The average molecular weight is 318 g/mol. The molecule has 1 N–H and O–H groups in total. The van der Waals surface area contributed by atoms with Gasteiger partial charge in [-0.2, -0.15) is 0 Å². The number of allylic oxidation sites excluding steroid dienone is 4. The molecule has 0 saturated carbocycles. The zero-order chi connectivity index (χ0) is 17.0. The summed E-state index contributed by atoms with van der Waals surface area (Å²) >= 11 is 0. The predicted octanol–water partition coefficient (Wildman–Crippen LogP) is 4.47. The van der Waals surface area contributed by atoms with Gasteiger partial charge < -0.3 is 9.84 Å². The molecule has 0 amide bonds. The van der Waals surface area contributed by atoms with Crippen LogP contribution in [0.2, 0.25) is 0 Å². The van der Waals surface area contributed by atoms with E-state index < -0.39 is 11.7 Å². The minimum atomic E-state index is -1.02. The second-order valence-electron chi connectivity index (χ2n) is 7.44. The largest absolute Gasteiger partial charge is 0.452 e. The van der Waals surface area contributed by atoms with E-state index in [4.69, 9.17) is 4.74 Å². The van der Waals surface area contributed by atoms with Crippen LogP contribution in [0.25, 0.3) is 0 Å². The topological polar surface area (TPSA) is 46.5 Å². The molecule has 3 heteroatoms. The molecule has 0 aliphatic carbocycles. The maximum atomic E-state index is 12.5. The molecule has 2 aliphatic rings. The van der Waals surface area contributed by atoms with Crippen LogP contribution in [-0.2, 0) is 9.53 Å². The van der Waals surface area contributed by atoms with E-state index in [-0.39, 0.29) is 5.97 Å². The van der Waals surface area contributed by atoms with Crippen LogP contribution in [-0.4, -0.2) is 22.8 Å². The Labute approximate surface area is 140 Å². The lowest BCUT2D eigenvalue weighted by Gasteiger charge is -2.33. The lowest BCUT2D eigenvalue weighted by molar-refractivity contribution is -0.155. The molecule has 0 fully saturated rings. The molecule has 0 radical (unpaired) electrons. The molecule has 2 aliphatic heterocycles. The summed E-state index contributed by atoms with van der Waals surface area (Å²) in [6.45, 7) is 8.24. The summed E-state index contributed by atoms with van der Waals surface area (Å²) in [6.07, 6.45) is 10.5. The summed E-state index contributed by atoms with van der Waals surface area (Å²) in [5.74, 6) is 0.0988. The van der Waals surface area contributed by atoms with Crippen molar-refractivity contribution in [3.05, 3.63) is 34.9 Å². The van der Waals surface area contributed by atoms with E-state index in [1.165, 1.54) is 11.1 Å². The van der Waals surface area contributed by atoms with Gasteiger partial charge in [-0.1, -0.05) is 37.1 Å². The van der Waals surface area contributed by atoms with Crippen LogP contribution in [0.4, 0.5) is 0 Å². The zero-order valence-corrected chi connectivity index (χ0v) is 14.9. The van der Waals surface area contributed by atoms with Crippen molar-refractivity contribution in [2.75, 3.05) is 0 Å². The van der Waals surface area contributed by atoms with Gasteiger partial charge in [-0.25, -0.2) is 4.79 Å². The maximum absolute atomic E-state index is 12.5. The van der Waals surface area contributed by atoms with E-state index in [0.717, 1.165) is 24.8 Å². The third kappa shape index (κ3) is 4.81. The van der Waals surface area contributed by atoms with E-state index in [2.05, 4.69) is 26.8 Å². The highest BCUT2D eigenvalue weighted by atomic mass is 16.6. The van der Waals surface area contributed by atoms with E-state index in [1.807, 2.05) is 12.2 Å². The van der Waals surface area contributed by atoms with Crippen LogP contribution < -0.4 is 0 Å². The molecule has 0 unspecified atom stereocenters. The molecule has 2 heterocycles. The highest BCUT2D eigenvalue weighted by molar-refractivity contribution is 5.88. The van der Waals surface area contributed by atoms with Crippen molar-refractivity contribution in [3.63, 3.8) is 0 Å². The van der Waals surface area contributed by atoms with E-state index in [0.29, 0.717) is 25.2 Å². The van der Waals surface area contributed by atoms with Crippen molar-refractivity contribution in [1.29, 1.82) is 0 Å². The second-order valence-corrected chi connectivity index (χ2v) is 7.44. The van der Waals surface area contributed by atoms with Gasteiger partial charge in [0.2, 0.25) is 0 Å².